The summed E-state index contributed by atoms with van der Waals surface area (Å²) in [5.41, 5.74) is 0. The Morgan fingerprint density at radius 3 is 2.47 bits per heavy atom. The summed E-state index contributed by atoms with van der Waals surface area (Å²) < 4.78 is 50.3. The second kappa shape index (κ2) is 4.76. The maximum Gasteiger partial charge on any atom is 0.272 e. The van der Waals surface area contributed by atoms with Crippen molar-refractivity contribution < 1.29 is 21.9 Å². The first-order valence-corrected chi connectivity index (χ1v) is 6.17. The third kappa shape index (κ3) is 3.64. The Labute approximate surface area is 90.0 Å². The normalized spacial score (nSPS) is 11.7. The molecule has 0 aromatic heterocycles. The Morgan fingerprint density at radius 2 is 1.93 bits per heavy atom. The number of para-hydroxylation sites is 1. The largest absolute Gasteiger partial charge is 0.486 e. The monoisotopic (exact) mass is 256 g/mol. The van der Waals surface area contributed by atoms with E-state index in [4.69, 9.17) is 10.7 Å². The van der Waals surface area contributed by atoms with Crippen molar-refractivity contribution in [1.29, 1.82) is 0 Å². The summed E-state index contributed by atoms with van der Waals surface area (Å²) in [6, 6.07) is 5.33. The first-order chi connectivity index (χ1) is 6.91. The zero-order valence-electron chi connectivity index (χ0n) is 7.36. The van der Waals surface area contributed by atoms with Gasteiger partial charge in [-0.1, -0.05) is 12.1 Å². The van der Waals surface area contributed by atoms with Crippen LogP contribution >= 0.6 is 10.7 Å². The summed E-state index contributed by atoms with van der Waals surface area (Å²) in [4.78, 5) is -0.313. The zero-order chi connectivity index (χ0) is 11.5. The number of hydrogen-bond donors (Lipinski definition) is 0. The Hall–Kier alpha value is -0.880. The van der Waals surface area contributed by atoms with Gasteiger partial charge in [0.25, 0.3) is 15.5 Å². The summed E-state index contributed by atoms with van der Waals surface area (Å²) in [6.07, 6.45) is -2.67. The molecule has 0 saturated carbocycles. The van der Waals surface area contributed by atoms with Crippen LogP contribution in [-0.2, 0) is 9.05 Å². The average Bonchev–Trinajstić information content (AvgIpc) is 2.13. The Morgan fingerprint density at radius 1 is 1.33 bits per heavy atom. The van der Waals surface area contributed by atoms with Gasteiger partial charge in [-0.3, -0.25) is 0 Å². The third-order valence-electron chi connectivity index (χ3n) is 1.48. The maximum absolute atomic E-state index is 11.8. The van der Waals surface area contributed by atoms with Crippen LogP contribution in [0.4, 0.5) is 8.78 Å². The lowest BCUT2D eigenvalue weighted by Gasteiger charge is -2.08. The molecule has 84 valence electrons. The molecule has 3 nitrogen and oxygen atoms in total. The van der Waals surface area contributed by atoms with E-state index in [2.05, 4.69) is 4.74 Å². The summed E-state index contributed by atoms with van der Waals surface area (Å²) in [6.45, 7) is -0.872. The zero-order valence-corrected chi connectivity index (χ0v) is 8.93. The molecule has 0 amide bonds. The Bertz CT molecular complexity index is 433. The number of halogens is 3. The van der Waals surface area contributed by atoms with E-state index < -0.39 is 22.1 Å². The second-order valence-corrected chi connectivity index (χ2v) is 5.12. The highest BCUT2D eigenvalue weighted by Crippen LogP contribution is 2.26. The maximum atomic E-state index is 11.8. The van der Waals surface area contributed by atoms with Crippen LogP contribution in [-0.4, -0.2) is 21.5 Å². The van der Waals surface area contributed by atoms with Crippen molar-refractivity contribution in [2.75, 3.05) is 6.61 Å². The fraction of sp³-hybridized carbons (Fsp3) is 0.250. The van der Waals surface area contributed by atoms with Crippen molar-refractivity contribution in [2.45, 2.75) is 11.3 Å². The predicted octanol–water partition coefficient (Wildman–Crippen LogP) is 2.26. The van der Waals surface area contributed by atoms with Gasteiger partial charge in [0, 0.05) is 10.7 Å². The second-order valence-electron chi connectivity index (χ2n) is 2.59. The molecular weight excluding hydrogens is 250 g/mol. The van der Waals surface area contributed by atoms with E-state index >= 15 is 0 Å². The number of rotatable bonds is 4. The molecule has 0 N–H and O–H groups in total. The van der Waals surface area contributed by atoms with Gasteiger partial charge >= 0.3 is 0 Å². The van der Waals surface area contributed by atoms with E-state index in [0.717, 1.165) is 0 Å². The minimum atomic E-state index is -3.98. The van der Waals surface area contributed by atoms with Crippen molar-refractivity contribution >= 4 is 19.7 Å². The summed E-state index contributed by atoms with van der Waals surface area (Å²) in [7, 11) is 1.10. The number of ether oxygens (including phenoxy) is 1. The van der Waals surface area contributed by atoms with Crippen molar-refractivity contribution in [2.24, 2.45) is 0 Å². The summed E-state index contributed by atoms with van der Waals surface area (Å²) in [5.74, 6) is -0.173. The van der Waals surface area contributed by atoms with Crippen LogP contribution < -0.4 is 4.74 Å². The van der Waals surface area contributed by atoms with Crippen LogP contribution in [0.2, 0.25) is 0 Å². The molecule has 0 saturated heterocycles. The molecule has 0 atom stereocenters. The minimum Gasteiger partial charge on any atom is -0.486 e. The quantitative estimate of drug-likeness (QED) is 0.776. The van der Waals surface area contributed by atoms with Crippen molar-refractivity contribution in [3.05, 3.63) is 24.3 Å². The molecule has 1 aromatic carbocycles. The van der Waals surface area contributed by atoms with E-state index in [-0.39, 0.29) is 10.6 Å². The van der Waals surface area contributed by atoms with E-state index in [9.17, 15) is 17.2 Å². The van der Waals surface area contributed by atoms with E-state index in [1.165, 1.54) is 24.3 Å². The van der Waals surface area contributed by atoms with Crippen LogP contribution in [0.15, 0.2) is 29.2 Å². The molecule has 1 rings (SSSR count). The molecule has 0 unspecified atom stereocenters. The van der Waals surface area contributed by atoms with E-state index in [0.29, 0.717) is 0 Å². The Balaban J connectivity index is 2.98. The molecular formula is C8H7ClF2O3S. The lowest BCUT2D eigenvalue weighted by atomic mass is 10.3. The molecule has 0 aliphatic rings. The van der Waals surface area contributed by atoms with Crippen LogP contribution in [0, 0.1) is 0 Å². The predicted molar refractivity (Wildman–Crippen MR) is 51.0 cm³/mol. The highest BCUT2D eigenvalue weighted by molar-refractivity contribution is 8.13. The lowest BCUT2D eigenvalue weighted by molar-refractivity contribution is 0.0804. The lowest BCUT2D eigenvalue weighted by Crippen LogP contribution is -2.08. The van der Waals surface area contributed by atoms with E-state index in [1.54, 1.807) is 0 Å². The van der Waals surface area contributed by atoms with Crippen molar-refractivity contribution in [3.63, 3.8) is 0 Å². The fourth-order valence-electron chi connectivity index (χ4n) is 0.924. The first kappa shape index (κ1) is 12.2. The number of hydrogen-bond acceptors (Lipinski definition) is 3. The van der Waals surface area contributed by atoms with Gasteiger partial charge in [0.15, 0.2) is 0 Å². The van der Waals surface area contributed by atoms with Gasteiger partial charge in [0.1, 0.15) is 17.3 Å². The van der Waals surface area contributed by atoms with Crippen LogP contribution in [0.1, 0.15) is 0 Å². The average molecular weight is 257 g/mol. The van der Waals surface area contributed by atoms with Crippen molar-refractivity contribution in [1.82, 2.24) is 0 Å². The van der Waals surface area contributed by atoms with Gasteiger partial charge in [0.05, 0.1) is 0 Å². The molecule has 0 fully saturated rings. The van der Waals surface area contributed by atoms with Gasteiger partial charge in [-0.15, -0.1) is 0 Å². The van der Waals surface area contributed by atoms with Crippen LogP contribution in [0.25, 0.3) is 0 Å². The number of benzene rings is 1. The van der Waals surface area contributed by atoms with Gasteiger partial charge in [-0.05, 0) is 12.1 Å². The molecule has 0 radical (unpaired) electrons. The first-order valence-electron chi connectivity index (χ1n) is 3.86. The molecule has 0 aliphatic carbocycles. The molecule has 0 heterocycles. The summed E-state index contributed by atoms with van der Waals surface area (Å²) in [5, 5.41) is 0. The van der Waals surface area contributed by atoms with Gasteiger partial charge in [-0.25, -0.2) is 17.2 Å². The smallest absolute Gasteiger partial charge is 0.272 e. The summed E-state index contributed by atoms with van der Waals surface area (Å²) >= 11 is 0. The Kier molecular flexibility index (Phi) is 3.87. The van der Waals surface area contributed by atoms with Gasteiger partial charge < -0.3 is 4.74 Å². The van der Waals surface area contributed by atoms with E-state index in [1.807, 2.05) is 0 Å². The topological polar surface area (TPSA) is 43.4 Å². The molecule has 1 aromatic rings. The van der Waals surface area contributed by atoms with Gasteiger partial charge in [0.2, 0.25) is 0 Å². The molecule has 7 heteroatoms. The molecule has 15 heavy (non-hydrogen) atoms. The highest BCUT2D eigenvalue weighted by atomic mass is 35.7. The van der Waals surface area contributed by atoms with Gasteiger partial charge in [-0.2, -0.15) is 0 Å². The number of alkyl halides is 2. The molecule has 0 aliphatic heterocycles. The SMILES string of the molecule is O=S(=O)(Cl)c1ccccc1OCC(F)F. The van der Waals surface area contributed by atoms with Crippen molar-refractivity contribution in [3.8, 4) is 5.75 Å². The molecule has 0 spiro atoms. The van der Waals surface area contributed by atoms with Crippen LogP contribution in [0.5, 0.6) is 5.75 Å². The third-order valence-corrected chi connectivity index (χ3v) is 2.84. The fourth-order valence-corrected chi connectivity index (χ4v) is 1.91. The highest BCUT2D eigenvalue weighted by Gasteiger charge is 2.16. The standard InChI is InChI=1S/C8H7ClF2O3S/c9-15(12,13)7-4-2-1-3-6(7)14-5-8(10)11/h1-4,8H,5H2. The van der Waals surface area contributed by atoms with Crippen LogP contribution in [0.3, 0.4) is 0 Å². The molecule has 0 bridgehead atoms. The minimum absolute atomic E-state index is 0.173.